The molecule has 1 aromatic carbocycles. The van der Waals surface area contributed by atoms with Crippen molar-refractivity contribution < 1.29 is 14.4 Å². The lowest BCUT2D eigenvalue weighted by Gasteiger charge is -2.15. The summed E-state index contributed by atoms with van der Waals surface area (Å²) >= 11 is 0. The van der Waals surface area contributed by atoms with E-state index in [0.29, 0.717) is 24.9 Å². The molecule has 102 valence electrons. The van der Waals surface area contributed by atoms with Crippen molar-refractivity contribution >= 4 is 0 Å². The van der Waals surface area contributed by atoms with Crippen LogP contribution in [-0.4, -0.2) is 21.9 Å². The van der Waals surface area contributed by atoms with Crippen molar-refractivity contribution in [2.24, 2.45) is 0 Å². The summed E-state index contributed by atoms with van der Waals surface area (Å²) in [6.45, 7) is 4.69. The summed E-state index contributed by atoms with van der Waals surface area (Å²) in [5, 5.41) is 14.1. The van der Waals surface area contributed by atoms with Crippen LogP contribution in [0.2, 0.25) is 0 Å². The molecule has 19 heavy (non-hydrogen) atoms. The quantitative estimate of drug-likeness (QED) is 0.866. The van der Waals surface area contributed by atoms with Gasteiger partial charge in [-0.2, -0.15) is 4.98 Å². The molecule has 0 radical (unpaired) electrons. The molecule has 1 heterocycles. The number of aliphatic hydroxyl groups is 1. The summed E-state index contributed by atoms with van der Waals surface area (Å²) in [6.07, 6.45) is -0.665. The van der Waals surface area contributed by atoms with Crippen LogP contribution in [0.15, 0.2) is 34.9 Å². The first-order chi connectivity index (χ1) is 9.22. The maximum absolute atomic E-state index is 10.3. The highest BCUT2D eigenvalue weighted by atomic mass is 16.5. The standard InChI is InChI=1S/C14H18N2O3/c1-3-18-9-12-15-14(19-16-12)10(2)13(17)11-7-5-4-6-8-11/h4-8,10,13,17H,3,9H2,1-2H3. The Kier molecular flexibility index (Phi) is 4.65. The average Bonchev–Trinajstić information content (AvgIpc) is 2.93. The van der Waals surface area contributed by atoms with Crippen LogP contribution in [0.1, 0.15) is 43.1 Å². The molecular weight excluding hydrogens is 244 g/mol. The SMILES string of the molecule is CCOCc1noc(C(C)C(O)c2ccccc2)n1. The van der Waals surface area contributed by atoms with E-state index in [1.807, 2.05) is 44.2 Å². The molecule has 0 saturated heterocycles. The monoisotopic (exact) mass is 262 g/mol. The first-order valence-electron chi connectivity index (χ1n) is 6.35. The second-order valence-corrected chi connectivity index (χ2v) is 4.33. The van der Waals surface area contributed by atoms with Gasteiger partial charge in [0.05, 0.1) is 12.0 Å². The van der Waals surface area contributed by atoms with Gasteiger partial charge in [-0.15, -0.1) is 0 Å². The second-order valence-electron chi connectivity index (χ2n) is 4.33. The van der Waals surface area contributed by atoms with Gasteiger partial charge in [-0.05, 0) is 12.5 Å². The zero-order valence-corrected chi connectivity index (χ0v) is 11.1. The second kappa shape index (κ2) is 6.45. The van der Waals surface area contributed by atoms with Crippen molar-refractivity contribution in [2.45, 2.75) is 32.5 Å². The Morgan fingerprint density at radius 3 is 2.74 bits per heavy atom. The molecule has 0 amide bonds. The lowest BCUT2D eigenvalue weighted by molar-refractivity contribution is 0.125. The Balaban J connectivity index is 2.06. The van der Waals surface area contributed by atoms with Crippen LogP contribution in [0.4, 0.5) is 0 Å². The smallest absolute Gasteiger partial charge is 0.232 e. The van der Waals surface area contributed by atoms with Crippen molar-refractivity contribution in [2.75, 3.05) is 6.61 Å². The minimum absolute atomic E-state index is 0.259. The van der Waals surface area contributed by atoms with Crippen molar-refractivity contribution in [3.63, 3.8) is 0 Å². The third-order valence-corrected chi connectivity index (χ3v) is 2.92. The van der Waals surface area contributed by atoms with E-state index < -0.39 is 6.10 Å². The number of hydrogen-bond acceptors (Lipinski definition) is 5. The van der Waals surface area contributed by atoms with Crippen LogP contribution in [-0.2, 0) is 11.3 Å². The summed E-state index contributed by atoms with van der Waals surface area (Å²) in [7, 11) is 0. The maximum atomic E-state index is 10.3. The summed E-state index contributed by atoms with van der Waals surface area (Å²) in [6, 6.07) is 9.43. The van der Waals surface area contributed by atoms with E-state index in [-0.39, 0.29) is 5.92 Å². The maximum Gasteiger partial charge on any atom is 0.232 e. The zero-order chi connectivity index (χ0) is 13.7. The Bertz CT molecular complexity index is 498. The summed E-state index contributed by atoms with van der Waals surface area (Å²) < 4.78 is 10.4. The Morgan fingerprint density at radius 2 is 2.05 bits per heavy atom. The van der Waals surface area contributed by atoms with Crippen molar-refractivity contribution in [3.05, 3.63) is 47.6 Å². The molecule has 0 spiro atoms. The number of aliphatic hydroxyl groups excluding tert-OH is 1. The number of benzene rings is 1. The predicted octanol–water partition coefficient (Wildman–Crippen LogP) is 2.44. The molecule has 5 nitrogen and oxygen atoms in total. The molecule has 2 atom stereocenters. The molecule has 2 rings (SSSR count). The average molecular weight is 262 g/mol. The minimum Gasteiger partial charge on any atom is -0.388 e. The minimum atomic E-state index is -0.665. The molecular formula is C14H18N2O3. The predicted molar refractivity (Wildman–Crippen MR) is 69.4 cm³/mol. The van der Waals surface area contributed by atoms with E-state index in [1.54, 1.807) is 0 Å². The van der Waals surface area contributed by atoms with Gasteiger partial charge >= 0.3 is 0 Å². The number of aromatic nitrogens is 2. The number of ether oxygens (including phenoxy) is 1. The lowest BCUT2D eigenvalue weighted by atomic mass is 9.97. The fourth-order valence-electron chi connectivity index (χ4n) is 1.78. The van der Waals surface area contributed by atoms with E-state index in [0.717, 1.165) is 5.56 Å². The molecule has 0 bridgehead atoms. The molecule has 0 aliphatic carbocycles. The van der Waals surface area contributed by atoms with Gasteiger partial charge < -0.3 is 14.4 Å². The van der Waals surface area contributed by atoms with Gasteiger partial charge in [-0.25, -0.2) is 0 Å². The largest absolute Gasteiger partial charge is 0.388 e. The number of nitrogens with zero attached hydrogens (tertiary/aromatic N) is 2. The van der Waals surface area contributed by atoms with E-state index in [1.165, 1.54) is 0 Å². The molecule has 5 heteroatoms. The molecule has 1 N–H and O–H groups in total. The van der Waals surface area contributed by atoms with Crippen molar-refractivity contribution in [3.8, 4) is 0 Å². The van der Waals surface area contributed by atoms with Crippen LogP contribution < -0.4 is 0 Å². The summed E-state index contributed by atoms with van der Waals surface area (Å²) in [4.78, 5) is 4.23. The van der Waals surface area contributed by atoms with Gasteiger partial charge in [-0.3, -0.25) is 0 Å². The van der Waals surface area contributed by atoms with Crippen molar-refractivity contribution in [1.82, 2.24) is 10.1 Å². The lowest BCUT2D eigenvalue weighted by Crippen LogP contribution is -2.08. The summed E-state index contributed by atoms with van der Waals surface area (Å²) in [5.74, 6) is 0.667. The highest BCUT2D eigenvalue weighted by molar-refractivity contribution is 5.20. The van der Waals surface area contributed by atoms with E-state index >= 15 is 0 Å². The molecule has 0 fully saturated rings. The Hall–Kier alpha value is -1.72. The molecule has 0 aliphatic heterocycles. The zero-order valence-electron chi connectivity index (χ0n) is 11.1. The Labute approximate surface area is 112 Å². The third-order valence-electron chi connectivity index (χ3n) is 2.92. The van der Waals surface area contributed by atoms with E-state index in [9.17, 15) is 5.11 Å². The molecule has 0 saturated carbocycles. The van der Waals surface area contributed by atoms with Crippen LogP contribution in [0.5, 0.6) is 0 Å². The van der Waals surface area contributed by atoms with Gasteiger partial charge in [-0.1, -0.05) is 42.4 Å². The van der Waals surface area contributed by atoms with E-state index in [4.69, 9.17) is 9.26 Å². The first kappa shape index (κ1) is 13.7. The van der Waals surface area contributed by atoms with Crippen LogP contribution in [0, 0.1) is 0 Å². The van der Waals surface area contributed by atoms with Crippen LogP contribution in [0.25, 0.3) is 0 Å². The van der Waals surface area contributed by atoms with Gasteiger partial charge in [0.15, 0.2) is 5.82 Å². The highest BCUT2D eigenvalue weighted by Gasteiger charge is 2.23. The Morgan fingerprint density at radius 1 is 1.32 bits per heavy atom. The van der Waals surface area contributed by atoms with Gasteiger partial charge in [0.1, 0.15) is 6.61 Å². The number of hydrogen-bond donors (Lipinski definition) is 1. The van der Waals surface area contributed by atoms with E-state index in [2.05, 4.69) is 10.1 Å². The van der Waals surface area contributed by atoms with Crippen LogP contribution in [0.3, 0.4) is 0 Å². The molecule has 2 aromatic rings. The molecule has 2 unspecified atom stereocenters. The number of rotatable bonds is 6. The molecule has 0 aliphatic rings. The fraction of sp³-hybridized carbons (Fsp3) is 0.429. The van der Waals surface area contributed by atoms with Gasteiger partial charge in [0.2, 0.25) is 5.89 Å². The van der Waals surface area contributed by atoms with Gasteiger partial charge in [0.25, 0.3) is 0 Å². The van der Waals surface area contributed by atoms with Crippen LogP contribution >= 0.6 is 0 Å². The summed E-state index contributed by atoms with van der Waals surface area (Å²) in [5.41, 5.74) is 0.833. The topological polar surface area (TPSA) is 68.4 Å². The normalized spacial score (nSPS) is 14.3. The highest BCUT2D eigenvalue weighted by Crippen LogP contribution is 2.29. The molecule has 1 aromatic heterocycles. The third kappa shape index (κ3) is 3.39. The fourth-order valence-corrected chi connectivity index (χ4v) is 1.78. The van der Waals surface area contributed by atoms with Crippen molar-refractivity contribution in [1.29, 1.82) is 0 Å². The van der Waals surface area contributed by atoms with Gasteiger partial charge in [0, 0.05) is 6.61 Å². The first-order valence-corrected chi connectivity index (χ1v) is 6.35.